The molecule has 5 aromatic carbocycles. The first-order chi connectivity index (χ1) is 30.1. The molecule has 18 heteroatoms. The number of amides is 5. The molecule has 0 unspecified atom stereocenters. The van der Waals surface area contributed by atoms with Crippen molar-refractivity contribution >= 4 is 64.3 Å². The Morgan fingerprint density at radius 1 is 0.667 bits per heavy atom. The van der Waals surface area contributed by atoms with Gasteiger partial charge in [0, 0.05) is 35.0 Å². The lowest BCUT2D eigenvalue weighted by Crippen LogP contribution is -2.32. The summed E-state index contributed by atoms with van der Waals surface area (Å²) in [6, 6.07) is 24.1. The maximum absolute atomic E-state index is 13.2. The SMILES string of the molecule is CC#N.CC/C(=C\c1ccc(F)cc1)C(=O)Nc1ccc(C(=O)NCC(=O)Nc2ccc(C(=O)Nc3ccc(C(=O)Nc4ccc(C(=O)O)c(O)c4OC)c(O)c3OC)cc2)cc1. The lowest BCUT2D eigenvalue weighted by molar-refractivity contribution is -0.115. The molecule has 324 valence electrons. The van der Waals surface area contributed by atoms with E-state index < -0.39 is 46.7 Å². The Hall–Kier alpha value is -8.72. The molecule has 0 saturated carbocycles. The number of carboxylic acids is 1. The zero-order valence-corrected chi connectivity index (χ0v) is 34.2. The number of halogens is 1. The second-order valence-corrected chi connectivity index (χ2v) is 12.9. The van der Waals surface area contributed by atoms with Crippen LogP contribution in [0.1, 0.15) is 67.3 Å². The summed E-state index contributed by atoms with van der Waals surface area (Å²) in [6.07, 6.45) is 2.09. The summed E-state index contributed by atoms with van der Waals surface area (Å²) in [4.78, 5) is 75.6. The zero-order valence-electron chi connectivity index (χ0n) is 34.2. The van der Waals surface area contributed by atoms with Gasteiger partial charge in [-0.3, -0.25) is 24.0 Å². The van der Waals surface area contributed by atoms with Crippen LogP contribution in [0.4, 0.5) is 27.1 Å². The highest BCUT2D eigenvalue weighted by atomic mass is 19.1. The fraction of sp³-hybridized carbons (Fsp3) is 0.133. The van der Waals surface area contributed by atoms with Crippen LogP contribution in [0.15, 0.2) is 103 Å². The molecule has 5 rings (SSSR count). The highest BCUT2D eigenvalue weighted by molar-refractivity contribution is 6.11. The Morgan fingerprint density at radius 3 is 1.65 bits per heavy atom. The molecule has 0 spiro atoms. The summed E-state index contributed by atoms with van der Waals surface area (Å²) < 4.78 is 23.6. The van der Waals surface area contributed by atoms with Gasteiger partial charge >= 0.3 is 5.97 Å². The maximum Gasteiger partial charge on any atom is 0.339 e. The van der Waals surface area contributed by atoms with Crippen molar-refractivity contribution in [2.75, 3.05) is 42.0 Å². The van der Waals surface area contributed by atoms with Crippen molar-refractivity contribution < 1.29 is 58.0 Å². The van der Waals surface area contributed by atoms with Crippen LogP contribution in [0.5, 0.6) is 23.0 Å². The number of rotatable bonds is 15. The summed E-state index contributed by atoms with van der Waals surface area (Å²) in [7, 11) is 2.37. The number of benzene rings is 5. The van der Waals surface area contributed by atoms with Crippen molar-refractivity contribution in [1.29, 1.82) is 5.26 Å². The third-order valence-corrected chi connectivity index (χ3v) is 8.77. The topological polar surface area (TPSA) is 266 Å². The molecule has 0 aliphatic heterocycles. The number of ether oxygens (including phenoxy) is 2. The lowest BCUT2D eigenvalue weighted by Gasteiger charge is -2.16. The predicted octanol–water partition coefficient (Wildman–Crippen LogP) is 6.79. The Kier molecular flexibility index (Phi) is 16.4. The van der Waals surface area contributed by atoms with E-state index in [2.05, 4.69) is 26.6 Å². The van der Waals surface area contributed by atoms with E-state index in [0.29, 0.717) is 28.9 Å². The number of aromatic carboxylic acids is 1. The van der Waals surface area contributed by atoms with Gasteiger partial charge < -0.3 is 51.4 Å². The number of carbonyl (C=O) groups excluding carboxylic acids is 5. The molecule has 0 bridgehead atoms. The molecule has 5 aromatic rings. The molecule has 0 saturated heterocycles. The van der Waals surface area contributed by atoms with Crippen LogP contribution in [0.3, 0.4) is 0 Å². The molecule has 0 aromatic heterocycles. The standard InChI is InChI=1S/C43H38FN5O11.C2H3N/c1-4-24(21-23-5-11-27(44)12-6-23)40(54)47-29-15-7-25(8-16-29)39(53)45-22-34(50)46-28-13-9-26(10-14-28)41(55)48-32-19-17-30(35(51)37(32)59-2)42(56)49-33-20-18-31(43(57)58)36(52)38(33)60-3;1-2-3/h5-21,51-52H,4,22H2,1-3H3,(H,45,53)(H,46,50)(H,47,54)(H,48,55)(H,49,56)(H,57,58);1H3/b24-21+;. The number of phenols is 2. The van der Waals surface area contributed by atoms with E-state index in [1.807, 2.05) is 6.92 Å². The molecular weight excluding hydrogens is 820 g/mol. The van der Waals surface area contributed by atoms with E-state index in [4.69, 9.17) is 14.7 Å². The molecule has 0 aliphatic carbocycles. The number of carbonyl (C=O) groups is 6. The van der Waals surface area contributed by atoms with Gasteiger partial charge in [0.2, 0.25) is 5.91 Å². The van der Waals surface area contributed by atoms with E-state index in [9.17, 15) is 48.5 Å². The van der Waals surface area contributed by atoms with Gasteiger partial charge in [-0.25, -0.2) is 9.18 Å². The van der Waals surface area contributed by atoms with Crippen molar-refractivity contribution in [2.45, 2.75) is 20.3 Å². The molecule has 17 nitrogen and oxygen atoms in total. The van der Waals surface area contributed by atoms with Gasteiger partial charge in [0.25, 0.3) is 23.6 Å². The second kappa shape index (κ2) is 22.0. The Labute approximate surface area is 359 Å². The largest absolute Gasteiger partial charge is 0.504 e. The highest BCUT2D eigenvalue weighted by Gasteiger charge is 2.24. The number of nitrogens with one attached hydrogen (secondary N) is 5. The summed E-state index contributed by atoms with van der Waals surface area (Å²) in [5.74, 6) is -6.67. The summed E-state index contributed by atoms with van der Waals surface area (Å²) in [5.41, 5.74) is 1.47. The summed E-state index contributed by atoms with van der Waals surface area (Å²) in [6.45, 7) is 2.87. The molecular formula is C45H41FN6O11. The van der Waals surface area contributed by atoms with Gasteiger partial charge in [0.1, 0.15) is 11.4 Å². The Morgan fingerprint density at radius 2 is 1.14 bits per heavy atom. The predicted molar refractivity (Wildman–Crippen MR) is 231 cm³/mol. The first kappa shape index (κ1) is 47.0. The first-order valence-corrected chi connectivity index (χ1v) is 18.7. The number of nitrogens with zero attached hydrogens (tertiary/aromatic N) is 1. The van der Waals surface area contributed by atoms with E-state index in [0.717, 1.165) is 13.2 Å². The number of hydrogen-bond acceptors (Lipinski definition) is 11. The van der Waals surface area contributed by atoms with Gasteiger partial charge in [-0.15, -0.1) is 0 Å². The smallest absolute Gasteiger partial charge is 0.339 e. The molecule has 63 heavy (non-hydrogen) atoms. The van der Waals surface area contributed by atoms with E-state index in [-0.39, 0.29) is 57.8 Å². The van der Waals surface area contributed by atoms with Gasteiger partial charge in [0.05, 0.1) is 43.8 Å². The van der Waals surface area contributed by atoms with E-state index in [1.54, 1.807) is 36.4 Å². The third-order valence-electron chi connectivity index (χ3n) is 8.77. The van der Waals surface area contributed by atoms with Crippen LogP contribution in [0.2, 0.25) is 0 Å². The van der Waals surface area contributed by atoms with Crippen LogP contribution in [-0.4, -0.2) is 71.6 Å². The van der Waals surface area contributed by atoms with Gasteiger partial charge in [0.15, 0.2) is 23.0 Å². The number of anilines is 4. The molecule has 8 N–H and O–H groups in total. The minimum atomic E-state index is -1.42. The van der Waals surface area contributed by atoms with Crippen LogP contribution in [0, 0.1) is 17.1 Å². The quantitative estimate of drug-likeness (QED) is 0.0506. The first-order valence-electron chi connectivity index (χ1n) is 18.7. The van der Waals surface area contributed by atoms with Crippen molar-refractivity contribution in [3.63, 3.8) is 0 Å². The maximum atomic E-state index is 13.2. The minimum absolute atomic E-state index is 0.00593. The molecule has 0 aliphatic rings. The molecule has 0 radical (unpaired) electrons. The number of phenolic OH excluding ortho intramolecular Hbond substituents is 1. The minimum Gasteiger partial charge on any atom is -0.504 e. The van der Waals surface area contributed by atoms with Crippen LogP contribution in [0.25, 0.3) is 6.08 Å². The molecule has 5 amide bonds. The van der Waals surface area contributed by atoms with Crippen molar-refractivity contribution in [3.05, 3.63) is 136 Å². The van der Waals surface area contributed by atoms with Crippen molar-refractivity contribution in [2.24, 2.45) is 0 Å². The van der Waals surface area contributed by atoms with Crippen molar-refractivity contribution in [1.82, 2.24) is 5.32 Å². The second-order valence-electron chi connectivity index (χ2n) is 12.9. The summed E-state index contributed by atoms with van der Waals surface area (Å²) in [5, 5.41) is 50.6. The number of carboxylic acid groups (broad SMARTS) is 1. The fourth-order valence-corrected chi connectivity index (χ4v) is 5.67. The van der Waals surface area contributed by atoms with Crippen molar-refractivity contribution in [3.8, 4) is 29.1 Å². The van der Waals surface area contributed by atoms with E-state index in [1.165, 1.54) is 80.8 Å². The van der Waals surface area contributed by atoms with Crippen LogP contribution >= 0.6 is 0 Å². The van der Waals surface area contributed by atoms with E-state index >= 15 is 0 Å². The van der Waals surface area contributed by atoms with Gasteiger partial charge in [-0.2, -0.15) is 5.26 Å². The molecule has 0 heterocycles. The number of aromatic hydroxyl groups is 2. The highest BCUT2D eigenvalue weighted by Crippen LogP contribution is 2.40. The Balaban J connectivity index is 0.00000282. The molecule has 0 atom stereocenters. The number of nitriles is 1. The number of hydrogen-bond donors (Lipinski definition) is 8. The normalized spacial score (nSPS) is 10.4. The van der Waals surface area contributed by atoms with Crippen LogP contribution < -0.4 is 36.1 Å². The molecule has 0 fully saturated rings. The Bertz CT molecular complexity index is 2590. The average Bonchev–Trinajstić information content (AvgIpc) is 3.26. The van der Waals surface area contributed by atoms with Gasteiger partial charge in [-0.1, -0.05) is 19.1 Å². The fourth-order valence-electron chi connectivity index (χ4n) is 5.67. The average molecular weight is 861 g/mol. The number of methoxy groups -OCH3 is 2. The lowest BCUT2D eigenvalue weighted by atomic mass is 10.1. The van der Waals surface area contributed by atoms with Gasteiger partial charge in [-0.05, 0) is 103 Å². The summed E-state index contributed by atoms with van der Waals surface area (Å²) >= 11 is 0. The third kappa shape index (κ3) is 12.4. The van der Waals surface area contributed by atoms with Crippen LogP contribution in [-0.2, 0) is 9.59 Å². The monoisotopic (exact) mass is 860 g/mol. The zero-order chi connectivity index (χ0) is 46.2.